The number of ether oxygens (including phenoxy) is 1. The normalized spacial score (nSPS) is 10.8. The highest BCUT2D eigenvalue weighted by Crippen LogP contribution is 2.28. The third-order valence-electron chi connectivity index (χ3n) is 5.51. The lowest BCUT2D eigenvalue weighted by Gasteiger charge is -2.09. The Kier molecular flexibility index (Phi) is 7.62. The smallest absolute Gasteiger partial charge is 0.449 e. The minimum absolute atomic E-state index is 0.0347. The summed E-state index contributed by atoms with van der Waals surface area (Å²) in [5, 5.41) is 13.5. The molecule has 2 aromatic heterocycles. The van der Waals surface area contributed by atoms with E-state index < -0.39 is 6.16 Å². The van der Waals surface area contributed by atoms with Crippen molar-refractivity contribution in [3.05, 3.63) is 95.7 Å². The van der Waals surface area contributed by atoms with Gasteiger partial charge in [0.2, 0.25) is 17.5 Å². The lowest BCUT2D eigenvalue weighted by molar-refractivity contribution is 0.0982. The predicted molar refractivity (Wildman–Crippen MR) is 131 cm³/mol. The molecular formula is C27H26N4O4. The Hall–Kier alpha value is -4.33. The molecule has 0 amide bonds. The fourth-order valence-corrected chi connectivity index (χ4v) is 3.74. The maximum absolute atomic E-state index is 12.8. The summed E-state index contributed by atoms with van der Waals surface area (Å²) in [6.45, 7) is 2.58. The summed E-state index contributed by atoms with van der Waals surface area (Å²) in [4.78, 5) is 32.4. The Morgan fingerprint density at radius 2 is 1.74 bits per heavy atom. The van der Waals surface area contributed by atoms with Crippen LogP contribution >= 0.6 is 0 Å². The monoisotopic (exact) mass is 470 g/mol. The van der Waals surface area contributed by atoms with E-state index in [1.54, 1.807) is 16.8 Å². The van der Waals surface area contributed by atoms with Gasteiger partial charge in [0, 0.05) is 24.6 Å². The number of hydrogen-bond donors (Lipinski definition) is 1. The molecule has 0 atom stereocenters. The van der Waals surface area contributed by atoms with E-state index in [2.05, 4.69) is 22.0 Å². The number of aromatic nitrogens is 4. The van der Waals surface area contributed by atoms with Gasteiger partial charge < -0.3 is 9.84 Å². The van der Waals surface area contributed by atoms with Crippen molar-refractivity contribution in [1.29, 1.82) is 0 Å². The molecule has 8 heteroatoms. The van der Waals surface area contributed by atoms with Crippen molar-refractivity contribution in [3.63, 3.8) is 0 Å². The van der Waals surface area contributed by atoms with E-state index in [0.29, 0.717) is 12.1 Å². The van der Waals surface area contributed by atoms with Crippen LogP contribution in [0.4, 0.5) is 4.79 Å². The van der Waals surface area contributed by atoms with Gasteiger partial charge in [0.1, 0.15) is 5.82 Å². The zero-order chi connectivity index (χ0) is 24.6. The molecule has 0 fully saturated rings. The summed E-state index contributed by atoms with van der Waals surface area (Å²) in [7, 11) is 0. The van der Waals surface area contributed by atoms with Gasteiger partial charge in [0.15, 0.2) is 0 Å². The van der Waals surface area contributed by atoms with Crippen LogP contribution < -0.4 is 4.74 Å². The second-order valence-corrected chi connectivity index (χ2v) is 8.12. The molecular weight excluding hydrogens is 444 g/mol. The highest BCUT2D eigenvalue weighted by Gasteiger charge is 2.17. The van der Waals surface area contributed by atoms with Gasteiger partial charge in [-0.3, -0.25) is 4.79 Å². The minimum atomic E-state index is -1.41. The Morgan fingerprint density at radius 3 is 2.46 bits per heavy atom. The van der Waals surface area contributed by atoms with Crippen molar-refractivity contribution < 1.29 is 19.4 Å². The third kappa shape index (κ3) is 6.17. The van der Waals surface area contributed by atoms with E-state index in [0.717, 1.165) is 41.8 Å². The molecule has 0 aliphatic rings. The molecule has 8 nitrogen and oxygen atoms in total. The minimum Gasteiger partial charge on any atom is -0.449 e. The zero-order valence-corrected chi connectivity index (χ0v) is 19.4. The molecule has 0 bridgehead atoms. The number of benzene rings is 2. The van der Waals surface area contributed by atoms with E-state index >= 15 is 0 Å². The zero-order valence-electron chi connectivity index (χ0n) is 19.4. The van der Waals surface area contributed by atoms with Crippen molar-refractivity contribution in [2.45, 2.75) is 39.2 Å². The first-order valence-corrected chi connectivity index (χ1v) is 11.5. The van der Waals surface area contributed by atoms with E-state index in [1.807, 2.05) is 54.6 Å². The number of nitrogens with zero attached hydrogens (tertiary/aromatic N) is 4. The number of ketones is 1. The first-order chi connectivity index (χ1) is 17.0. The highest BCUT2D eigenvalue weighted by molar-refractivity contribution is 5.94. The molecule has 2 heterocycles. The van der Waals surface area contributed by atoms with Gasteiger partial charge in [-0.15, -0.1) is 5.10 Å². The van der Waals surface area contributed by atoms with Crippen LogP contribution in [0.1, 0.15) is 47.3 Å². The van der Waals surface area contributed by atoms with Crippen LogP contribution in [0.2, 0.25) is 0 Å². The quantitative estimate of drug-likeness (QED) is 0.250. The van der Waals surface area contributed by atoms with Crippen molar-refractivity contribution in [2.24, 2.45) is 0 Å². The van der Waals surface area contributed by atoms with Crippen LogP contribution in [-0.4, -0.2) is 36.8 Å². The molecule has 35 heavy (non-hydrogen) atoms. The van der Waals surface area contributed by atoms with Gasteiger partial charge in [-0.1, -0.05) is 67.9 Å². The van der Waals surface area contributed by atoms with Crippen molar-refractivity contribution in [1.82, 2.24) is 19.7 Å². The topological polar surface area (TPSA) is 107 Å². The van der Waals surface area contributed by atoms with Gasteiger partial charge >= 0.3 is 6.16 Å². The van der Waals surface area contributed by atoms with Gasteiger partial charge in [0.05, 0.1) is 6.54 Å². The average Bonchev–Trinajstić information content (AvgIpc) is 3.26. The molecule has 0 radical (unpaired) electrons. The number of Topliss-reactive ketones (excluding diaryl/α,β-unsaturated/α-hetero) is 1. The molecule has 1 N–H and O–H groups in total. The second kappa shape index (κ2) is 11.2. The number of pyridine rings is 1. The fourth-order valence-electron chi connectivity index (χ4n) is 3.74. The lowest BCUT2D eigenvalue weighted by Crippen LogP contribution is -2.09. The Balaban J connectivity index is 1.54. The van der Waals surface area contributed by atoms with Crippen molar-refractivity contribution in [3.8, 4) is 17.0 Å². The van der Waals surface area contributed by atoms with Crippen molar-refractivity contribution >= 4 is 11.9 Å². The molecule has 0 unspecified atom stereocenters. The van der Waals surface area contributed by atoms with Gasteiger partial charge in [-0.05, 0) is 35.2 Å². The maximum Gasteiger partial charge on any atom is 0.512 e. The molecule has 0 saturated carbocycles. The van der Waals surface area contributed by atoms with Crippen molar-refractivity contribution in [2.75, 3.05) is 0 Å². The number of unbranched alkanes of at least 4 members (excludes halogenated alkanes) is 1. The molecule has 0 saturated heterocycles. The molecule has 2 aromatic carbocycles. The molecule has 178 valence electrons. The highest BCUT2D eigenvalue weighted by atomic mass is 16.7. The standard InChI is InChI=1S/C27H26N4O4/c1-2-3-11-24-29-25(23(32)17-19-8-5-4-6-9-19)30-31(24)18-20-12-14-21(15-13-20)22-10-7-16-28-26(22)35-27(33)34/h4-10,12-16H,2-3,11,17-18H2,1H3,(H,33,34). The Labute approximate surface area is 203 Å². The molecule has 0 spiro atoms. The lowest BCUT2D eigenvalue weighted by atomic mass is 10.1. The van der Waals surface area contributed by atoms with E-state index in [1.165, 1.54) is 6.20 Å². The van der Waals surface area contributed by atoms with E-state index in [4.69, 9.17) is 9.84 Å². The summed E-state index contributed by atoms with van der Waals surface area (Å²) in [6, 6.07) is 20.7. The number of carboxylic acid groups (broad SMARTS) is 1. The van der Waals surface area contributed by atoms with Crippen LogP contribution in [0.15, 0.2) is 72.9 Å². The number of aryl methyl sites for hydroxylation is 1. The summed E-state index contributed by atoms with van der Waals surface area (Å²) in [6.07, 6.45) is 3.04. The maximum atomic E-state index is 12.8. The van der Waals surface area contributed by atoms with Crippen LogP contribution in [0.5, 0.6) is 5.88 Å². The number of hydrogen-bond acceptors (Lipinski definition) is 6. The van der Waals surface area contributed by atoms with Crippen LogP contribution in [0, 0.1) is 0 Å². The Morgan fingerprint density at radius 1 is 0.971 bits per heavy atom. The molecule has 4 rings (SSSR count). The summed E-state index contributed by atoms with van der Waals surface area (Å²) in [5.74, 6) is 0.956. The number of rotatable bonds is 10. The first-order valence-electron chi connectivity index (χ1n) is 11.5. The predicted octanol–water partition coefficient (Wildman–Crippen LogP) is 5.21. The van der Waals surface area contributed by atoms with Crippen LogP contribution in [-0.2, 0) is 19.4 Å². The van der Waals surface area contributed by atoms with Gasteiger partial charge in [0.25, 0.3) is 0 Å². The average molecular weight is 471 g/mol. The fraction of sp³-hybridized carbons (Fsp3) is 0.222. The van der Waals surface area contributed by atoms with E-state index in [-0.39, 0.29) is 23.9 Å². The first kappa shape index (κ1) is 23.8. The summed E-state index contributed by atoms with van der Waals surface area (Å²) < 4.78 is 6.60. The largest absolute Gasteiger partial charge is 0.512 e. The number of carbonyl (C=O) groups excluding carboxylic acids is 1. The van der Waals surface area contributed by atoms with Gasteiger partial charge in [-0.25, -0.2) is 19.4 Å². The SMILES string of the molecule is CCCCc1nc(C(=O)Cc2ccccc2)nn1Cc1ccc(-c2cccnc2OC(=O)O)cc1. The third-order valence-corrected chi connectivity index (χ3v) is 5.51. The van der Waals surface area contributed by atoms with Crippen LogP contribution in [0.25, 0.3) is 11.1 Å². The van der Waals surface area contributed by atoms with Gasteiger partial charge in [-0.2, -0.15) is 0 Å². The molecule has 0 aliphatic heterocycles. The second-order valence-electron chi connectivity index (χ2n) is 8.12. The summed E-state index contributed by atoms with van der Waals surface area (Å²) >= 11 is 0. The Bertz CT molecular complexity index is 1300. The van der Waals surface area contributed by atoms with Crippen LogP contribution in [0.3, 0.4) is 0 Å². The summed E-state index contributed by atoms with van der Waals surface area (Å²) in [5.41, 5.74) is 3.27. The molecule has 4 aromatic rings. The molecule has 0 aliphatic carbocycles. The van der Waals surface area contributed by atoms with E-state index in [9.17, 15) is 9.59 Å². The number of carbonyl (C=O) groups is 2.